The Morgan fingerprint density at radius 1 is 0.861 bits per heavy atom. The molecule has 0 unspecified atom stereocenters. The van der Waals surface area contributed by atoms with E-state index in [1.54, 1.807) is 0 Å². The van der Waals surface area contributed by atoms with Crippen molar-refractivity contribution in [3.8, 4) is 5.75 Å². The highest BCUT2D eigenvalue weighted by atomic mass is 16.5. The summed E-state index contributed by atoms with van der Waals surface area (Å²) in [5.41, 5.74) is 5.08. The molecule has 0 radical (unpaired) electrons. The van der Waals surface area contributed by atoms with Crippen LogP contribution in [0.15, 0.2) is 42.5 Å². The van der Waals surface area contributed by atoms with Gasteiger partial charge in [-0.05, 0) is 118 Å². The van der Waals surface area contributed by atoms with Gasteiger partial charge in [-0.3, -0.25) is 9.69 Å². The molecule has 1 N–H and O–H groups in total. The molecule has 1 saturated carbocycles. The number of aryl methyl sites for hydroxylation is 2. The molecule has 2 amide bonds. The molecule has 0 bridgehead atoms. The number of ether oxygens (including phenoxy) is 1. The van der Waals surface area contributed by atoms with E-state index in [2.05, 4.69) is 35.6 Å². The van der Waals surface area contributed by atoms with Crippen LogP contribution in [0.3, 0.4) is 0 Å². The van der Waals surface area contributed by atoms with E-state index < -0.39 is 0 Å². The number of amides is 2. The van der Waals surface area contributed by atoms with Crippen molar-refractivity contribution in [3.05, 3.63) is 59.2 Å². The Kier molecular flexibility index (Phi) is 6.70. The second-order valence-corrected chi connectivity index (χ2v) is 11.0. The lowest BCUT2D eigenvalue weighted by Crippen LogP contribution is -2.42. The molecule has 6 nitrogen and oxygen atoms in total. The summed E-state index contributed by atoms with van der Waals surface area (Å²) < 4.78 is 5.76. The zero-order valence-corrected chi connectivity index (χ0v) is 21.1. The molecule has 190 valence electrons. The van der Waals surface area contributed by atoms with Gasteiger partial charge in [0.15, 0.2) is 0 Å². The van der Waals surface area contributed by atoms with Gasteiger partial charge in [0.25, 0.3) is 0 Å². The highest BCUT2D eigenvalue weighted by Gasteiger charge is 2.38. The van der Waals surface area contributed by atoms with Crippen LogP contribution in [0.1, 0.15) is 67.6 Å². The lowest BCUT2D eigenvalue weighted by molar-refractivity contribution is -0.140. The minimum atomic E-state index is -0.116. The van der Waals surface area contributed by atoms with Crippen molar-refractivity contribution in [1.29, 1.82) is 0 Å². The molecule has 6 heteroatoms. The largest absolute Gasteiger partial charge is 0.426 e. The van der Waals surface area contributed by atoms with E-state index in [1.165, 1.54) is 36.0 Å². The number of benzene rings is 2. The van der Waals surface area contributed by atoms with Crippen LogP contribution in [0.25, 0.3) is 0 Å². The fraction of sp³-hybridized carbons (Fsp3) is 0.533. The van der Waals surface area contributed by atoms with Gasteiger partial charge in [-0.1, -0.05) is 18.2 Å². The van der Waals surface area contributed by atoms with Crippen LogP contribution in [-0.2, 0) is 17.6 Å². The Hall–Kier alpha value is -2.86. The zero-order valence-electron chi connectivity index (χ0n) is 21.1. The van der Waals surface area contributed by atoms with Crippen LogP contribution in [-0.4, -0.2) is 49.1 Å². The Balaban J connectivity index is 1.02. The number of rotatable bonds is 5. The first kappa shape index (κ1) is 23.5. The molecule has 0 atom stereocenters. The van der Waals surface area contributed by atoms with Crippen LogP contribution in [0.2, 0.25) is 0 Å². The van der Waals surface area contributed by atoms with Crippen molar-refractivity contribution in [2.75, 3.05) is 31.1 Å². The number of piperidine rings is 1. The van der Waals surface area contributed by atoms with Crippen molar-refractivity contribution in [1.82, 2.24) is 10.2 Å². The minimum absolute atomic E-state index is 0.0779. The van der Waals surface area contributed by atoms with Gasteiger partial charge in [0, 0.05) is 24.8 Å². The molecule has 2 aliphatic heterocycles. The highest BCUT2D eigenvalue weighted by Crippen LogP contribution is 2.34. The third kappa shape index (κ3) is 4.75. The van der Waals surface area contributed by atoms with Crippen molar-refractivity contribution in [3.63, 3.8) is 0 Å². The Labute approximate surface area is 214 Å². The molecule has 0 spiro atoms. The molecule has 2 aromatic carbocycles. The van der Waals surface area contributed by atoms with Crippen LogP contribution < -0.4 is 15.0 Å². The number of anilines is 1. The normalized spacial score (nSPS) is 24.7. The van der Waals surface area contributed by atoms with E-state index in [4.69, 9.17) is 4.74 Å². The molecule has 6 rings (SSSR count). The molecule has 2 aliphatic carbocycles. The van der Waals surface area contributed by atoms with Gasteiger partial charge in [0.05, 0.1) is 5.92 Å². The van der Waals surface area contributed by atoms with Gasteiger partial charge >= 0.3 is 12.0 Å². The number of carbonyl (C=O) groups is 2. The summed E-state index contributed by atoms with van der Waals surface area (Å²) in [6.07, 6.45) is 9.04. The number of hydrogen-bond donors (Lipinski definition) is 1. The maximum atomic E-state index is 13.3. The number of fused-ring (bicyclic) bond motifs is 1. The number of urea groups is 1. The first-order valence-electron chi connectivity index (χ1n) is 13.9. The second kappa shape index (κ2) is 10.3. The molecule has 36 heavy (non-hydrogen) atoms. The lowest BCUT2D eigenvalue weighted by atomic mass is 9.85. The summed E-state index contributed by atoms with van der Waals surface area (Å²) in [7, 11) is 0. The summed E-state index contributed by atoms with van der Waals surface area (Å²) >= 11 is 0. The van der Waals surface area contributed by atoms with Gasteiger partial charge < -0.3 is 15.0 Å². The topological polar surface area (TPSA) is 61.9 Å². The summed E-state index contributed by atoms with van der Waals surface area (Å²) in [5, 5.41) is 3.43. The van der Waals surface area contributed by atoms with Crippen LogP contribution in [0, 0.1) is 5.92 Å². The molecule has 4 aliphatic rings. The highest BCUT2D eigenvalue weighted by molar-refractivity contribution is 5.94. The molecular formula is C30H37N3O3. The van der Waals surface area contributed by atoms with E-state index >= 15 is 0 Å². The Bertz CT molecular complexity index is 1100. The molecule has 3 fully saturated rings. The van der Waals surface area contributed by atoms with Crippen molar-refractivity contribution >= 4 is 17.7 Å². The summed E-state index contributed by atoms with van der Waals surface area (Å²) in [6.45, 7) is 3.65. The fourth-order valence-electron chi connectivity index (χ4n) is 6.65. The van der Waals surface area contributed by atoms with Crippen molar-refractivity contribution in [2.24, 2.45) is 5.92 Å². The lowest BCUT2D eigenvalue weighted by Gasteiger charge is -2.33. The molecule has 0 aromatic heterocycles. The SMILES string of the molecule is O=C(Oc1ccc2c(c1)CCC2)C1CCC(N2CCN(c3ccc(C4CCNCC4)cc3)C2=O)CC1. The number of esters is 1. The van der Waals surface area contributed by atoms with Gasteiger partial charge in [0.1, 0.15) is 5.75 Å². The average molecular weight is 488 g/mol. The van der Waals surface area contributed by atoms with E-state index in [9.17, 15) is 9.59 Å². The third-order valence-electron chi connectivity index (χ3n) is 8.82. The maximum absolute atomic E-state index is 13.3. The van der Waals surface area contributed by atoms with Crippen molar-refractivity contribution in [2.45, 2.75) is 69.7 Å². The van der Waals surface area contributed by atoms with E-state index in [-0.39, 0.29) is 24.0 Å². The predicted octanol–water partition coefficient (Wildman–Crippen LogP) is 5.05. The second-order valence-electron chi connectivity index (χ2n) is 11.0. The number of carbonyl (C=O) groups excluding carboxylic acids is 2. The number of nitrogens with one attached hydrogen (secondary N) is 1. The van der Waals surface area contributed by atoms with Crippen LogP contribution in [0.5, 0.6) is 5.75 Å². The maximum Gasteiger partial charge on any atom is 0.324 e. The van der Waals surface area contributed by atoms with Crippen molar-refractivity contribution < 1.29 is 14.3 Å². The summed E-state index contributed by atoms with van der Waals surface area (Å²) in [4.78, 5) is 30.1. The van der Waals surface area contributed by atoms with Crippen LogP contribution in [0.4, 0.5) is 10.5 Å². The van der Waals surface area contributed by atoms with Gasteiger partial charge in [0.2, 0.25) is 0 Å². The van der Waals surface area contributed by atoms with Gasteiger partial charge in [-0.25, -0.2) is 4.79 Å². The Morgan fingerprint density at radius 3 is 2.39 bits per heavy atom. The molecule has 2 heterocycles. The van der Waals surface area contributed by atoms with E-state index in [0.29, 0.717) is 11.7 Å². The minimum Gasteiger partial charge on any atom is -0.426 e. The smallest absolute Gasteiger partial charge is 0.324 e. The van der Waals surface area contributed by atoms with E-state index in [0.717, 1.165) is 70.4 Å². The van der Waals surface area contributed by atoms with Gasteiger partial charge in [-0.2, -0.15) is 0 Å². The molecule has 2 saturated heterocycles. The Morgan fingerprint density at radius 2 is 1.61 bits per heavy atom. The standard InChI is InChI=1S/C30H37N3O3/c34-29(36-28-13-8-21-2-1-3-25(21)20-28)24-6-11-27(12-7-24)33-19-18-32(30(33)35)26-9-4-22(5-10-26)23-14-16-31-17-15-23/h4-5,8-10,13,20,23-24,27,31H,1-3,6-7,11-12,14-19H2. The van der Waals surface area contributed by atoms with E-state index in [1.807, 2.05) is 21.9 Å². The summed E-state index contributed by atoms with van der Waals surface area (Å²) in [5.74, 6) is 1.11. The average Bonchev–Trinajstić information content (AvgIpc) is 3.55. The van der Waals surface area contributed by atoms with Crippen LogP contribution >= 0.6 is 0 Å². The number of nitrogens with zero attached hydrogens (tertiary/aromatic N) is 2. The third-order valence-corrected chi connectivity index (χ3v) is 8.82. The summed E-state index contributed by atoms with van der Waals surface area (Å²) in [6, 6.07) is 15.0. The zero-order chi connectivity index (χ0) is 24.5. The number of hydrogen-bond acceptors (Lipinski definition) is 4. The quantitative estimate of drug-likeness (QED) is 0.474. The monoisotopic (exact) mass is 487 g/mol. The molecule has 2 aromatic rings. The molecular weight excluding hydrogens is 450 g/mol. The van der Waals surface area contributed by atoms with Gasteiger partial charge in [-0.15, -0.1) is 0 Å². The predicted molar refractivity (Wildman–Crippen MR) is 141 cm³/mol. The first-order valence-corrected chi connectivity index (χ1v) is 13.9. The fourth-order valence-corrected chi connectivity index (χ4v) is 6.65. The first-order chi connectivity index (χ1) is 17.7.